The van der Waals surface area contributed by atoms with Gasteiger partial charge in [-0.2, -0.15) is 0 Å². The van der Waals surface area contributed by atoms with E-state index >= 15 is 0 Å². The van der Waals surface area contributed by atoms with Gasteiger partial charge in [-0.1, -0.05) is 68.5 Å². The van der Waals surface area contributed by atoms with E-state index < -0.39 is 10.0 Å². The van der Waals surface area contributed by atoms with Gasteiger partial charge in [0.15, 0.2) is 0 Å². The molecule has 10 heteroatoms. The van der Waals surface area contributed by atoms with E-state index in [0.29, 0.717) is 12.0 Å². The molecular weight excluding hydrogens is 616 g/mol. The summed E-state index contributed by atoms with van der Waals surface area (Å²) >= 11 is 0. The molecule has 1 N–H and O–H groups in total. The molecule has 0 spiro atoms. The van der Waals surface area contributed by atoms with Crippen LogP contribution in [-0.2, 0) is 24.4 Å². The molecule has 0 aromatic heterocycles. The first-order valence-corrected chi connectivity index (χ1v) is 18.2. The minimum absolute atomic E-state index is 0. The predicted molar refractivity (Wildman–Crippen MR) is 197 cm³/mol. The van der Waals surface area contributed by atoms with Gasteiger partial charge in [0.2, 0.25) is 10.0 Å². The number of nitrogens with one attached hydrogen (secondary N) is 1. The summed E-state index contributed by atoms with van der Waals surface area (Å²) in [4.78, 5) is 16.4. The van der Waals surface area contributed by atoms with Crippen LogP contribution in [0, 0.1) is 17.3 Å². The number of carbonyl (C=O) groups is 1. The molecular formula is C37H70N2O7S. The first kappa shape index (κ1) is 46.8. The number of benzene rings is 1. The Morgan fingerprint density at radius 2 is 1.51 bits per heavy atom. The molecule has 4 rings (SSSR count). The van der Waals surface area contributed by atoms with Crippen molar-refractivity contribution in [3.05, 3.63) is 23.8 Å². The maximum atomic E-state index is 11.1. The molecule has 1 aliphatic heterocycles. The molecule has 0 atom stereocenters. The Hall–Kier alpha value is -2.33. The van der Waals surface area contributed by atoms with E-state index in [1.54, 1.807) is 7.11 Å². The fourth-order valence-electron chi connectivity index (χ4n) is 3.75. The van der Waals surface area contributed by atoms with E-state index in [2.05, 4.69) is 44.5 Å². The number of hydrogen-bond donors (Lipinski definition) is 1. The lowest BCUT2D eigenvalue weighted by Gasteiger charge is -2.22. The van der Waals surface area contributed by atoms with E-state index in [1.165, 1.54) is 12.8 Å². The zero-order valence-electron chi connectivity index (χ0n) is 30.1. The second-order valence-corrected chi connectivity index (χ2v) is 16.2. The standard InChI is InChI=1S/C13H17NO3.C9H16O2.C7H16.C6H13NO2S.2CH4/c1-9(2)17-14-12-6-7-16-13-5-4-10(15-3)8-11(12)13;1-7(2)9(10)11-8-5-3-4-6-8;1-6(2)7(3,4)5;1-5(2)7-10(8,9)6-3-4-6;;/h4-5,8-9H,6-7H2,1-3H3;7-8H,3-6H2,1-2H3;6H,1-5H3;5-7H,3-4H2,1-2H3;2*1H4/b14-12+;;;;;. The van der Waals surface area contributed by atoms with E-state index in [0.717, 1.165) is 60.8 Å². The number of nitrogens with zero attached hydrogens (tertiary/aromatic N) is 1. The number of hydrogen-bond acceptors (Lipinski definition) is 8. The minimum Gasteiger partial charge on any atom is -0.497 e. The number of sulfonamides is 1. The summed E-state index contributed by atoms with van der Waals surface area (Å²) in [5.74, 6) is 2.41. The molecule has 3 aliphatic rings. The van der Waals surface area contributed by atoms with Crippen LogP contribution < -0.4 is 14.2 Å². The minimum atomic E-state index is -2.94. The maximum absolute atomic E-state index is 11.1. The van der Waals surface area contributed by atoms with Crippen LogP contribution in [-0.4, -0.2) is 57.3 Å². The Bertz CT molecular complexity index is 1150. The smallest absolute Gasteiger partial charge is 0.308 e. The number of oxime groups is 1. The Kier molecular flexibility index (Phi) is 22.2. The third kappa shape index (κ3) is 19.3. The highest BCUT2D eigenvalue weighted by Gasteiger charge is 2.35. The quantitative estimate of drug-likeness (QED) is 0.214. The summed E-state index contributed by atoms with van der Waals surface area (Å²) in [6.07, 6.45) is 7.31. The fraction of sp³-hybridized carbons (Fsp3) is 0.784. The summed E-state index contributed by atoms with van der Waals surface area (Å²) in [7, 11) is -1.29. The second-order valence-electron chi connectivity index (χ2n) is 14.2. The molecule has 0 unspecified atom stereocenters. The van der Waals surface area contributed by atoms with Crippen LogP contribution in [0.2, 0.25) is 0 Å². The molecule has 9 nitrogen and oxygen atoms in total. The molecule has 2 aliphatic carbocycles. The van der Waals surface area contributed by atoms with Crippen molar-refractivity contribution in [3.63, 3.8) is 0 Å². The van der Waals surface area contributed by atoms with Crippen molar-refractivity contribution in [3.8, 4) is 11.5 Å². The second kappa shape index (κ2) is 22.3. The zero-order chi connectivity index (χ0) is 34.4. The van der Waals surface area contributed by atoms with Crippen molar-refractivity contribution in [2.45, 2.75) is 159 Å². The maximum Gasteiger partial charge on any atom is 0.308 e. The van der Waals surface area contributed by atoms with Crippen LogP contribution in [0.1, 0.15) is 142 Å². The largest absolute Gasteiger partial charge is 0.497 e. The van der Waals surface area contributed by atoms with Crippen LogP contribution >= 0.6 is 0 Å². The molecule has 0 amide bonds. The highest BCUT2D eigenvalue weighted by atomic mass is 32.2. The van der Waals surface area contributed by atoms with Gasteiger partial charge in [0.25, 0.3) is 0 Å². The highest BCUT2D eigenvalue weighted by molar-refractivity contribution is 7.90. The van der Waals surface area contributed by atoms with Crippen LogP contribution in [0.25, 0.3) is 0 Å². The number of fused-ring (bicyclic) bond motifs is 1. The molecule has 0 bridgehead atoms. The van der Waals surface area contributed by atoms with Crippen molar-refractivity contribution in [2.24, 2.45) is 22.4 Å². The topological polar surface area (TPSA) is 113 Å². The average Bonchev–Trinajstić information content (AvgIpc) is 3.70. The van der Waals surface area contributed by atoms with Gasteiger partial charge in [-0.25, -0.2) is 13.1 Å². The van der Waals surface area contributed by atoms with Gasteiger partial charge >= 0.3 is 5.97 Å². The Morgan fingerprint density at radius 1 is 0.957 bits per heavy atom. The summed E-state index contributed by atoms with van der Waals surface area (Å²) in [6, 6.07) is 5.74. The first-order chi connectivity index (χ1) is 20.9. The first-order valence-electron chi connectivity index (χ1n) is 16.6. The number of methoxy groups -OCH3 is 1. The lowest BCUT2D eigenvalue weighted by atomic mass is 9.84. The molecule has 276 valence electrons. The van der Waals surface area contributed by atoms with E-state index in [-0.39, 0.29) is 50.2 Å². The molecule has 1 aromatic rings. The molecule has 1 aromatic carbocycles. The highest BCUT2D eigenvalue weighted by Crippen LogP contribution is 2.29. The Morgan fingerprint density at radius 3 is 1.94 bits per heavy atom. The normalized spacial score (nSPS) is 16.6. The average molecular weight is 687 g/mol. The van der Waals surface area contributed by atoms with Gasteiger partial charge in [0.1, 0.15) is 23.7 Å². The molecule has 0 radical (unpaired) electrons. The summed E-state index contributed by atoms with van der Waals surface area (Å²) in [6.45, 7) is 23.2. The molecule has 2 fully saturated rings. The van der Waals surface area contributed by atoms with Crippen LogP contribution in [0.4, 0.5) is 0 Å². The summed E-state index contributed by atoms with van der Waals surface area (Å²) in [5, 5.41) is 4.09. The van der Waals surface area contributed by atoms with Gasteiger partial charge in [0.05, 0.1) is 30.6 Å². The Balaban J connectivity index is 0. The monoisotopic (exact) mass is 686 g/mol. The number of esters is 1. The van der Waals surface area contributed by atoms with Crippen LogP contribution in [0.3, 0.4) is 0 Å². The van der Waals surface area contributed by atoms with Gasteiger partial charge in [-0.05, 0) is 95.8 Å². The van der Waals surface area contributed by atoms with Crippen molar-refractivity contribution in [1.82, 2.24) is 4.72 Å². The van der Waals surface area contributed by atoms with E-state index in [9.17, 15) is 13.2 Å². The lowest BCUT2D eigenvalue weighted by Crippen LogP contribution is -2.32. The zero-order valence-corrected chi connectivity index (χ0v) is 30.9. The molecule has 1 heterocycles. The molecule has 2 saturated carbocycles. The summed E-state index contributed by atoms with van der Waals surface area (Å²) < 4.78 is 40.7. The van der Waals surface area contributed by atoms with E-state index in [1.807, 2.05) is 59.7 Å². The number of rotatable bonds is 8. The number of carbonyl (C=O) groups excluding carboxylic acids is 1. The van der Waals surface area contributed by atoms with Gasteiger partial charge < -0.3 is 19.0 Å². The van der Waals surface area contributed by atoms with Gasteiger partial charge in [0, 0.05) is 18.0 Å². The molecule has 0 saturated heterocycles. The number of ether oxygens (including phenoxy) is 3. The van der Waals surface area contributed by atoms with E-state index in [4.69, 9.17) is 19.0 Å². The van der Waals surface area contributed by atoms with Crippen molar-refractivity contribution >= 4 is 21.7 Å². The third-order valence-electron chi connectivity index (χ3n) is 7.62. The SMILES string of the molecule is C.C.CC(C)C(=O)OC1CCCC1.CC(C)C(C)(C)C.CC(C)NS(=O)(=O)C1CC1.COc1ccc2c(c1)/C(=N/OC(C)C)CCO2. The Labute approximate surface area is 289 Å². The van der Waals surface area contributed by atoms with Crippen LogP contribution in [0.5, 0.6) is 11.5 Å². The van der Waals surface area contributed by atoms with Crippen molar-refractivity contribution < 1.29 is 32.3 Å². The van der Waals surface area contributed by atoms with Gasteiger partial charge in [-0.15, -0.1) is 0 Å². The van der Waals surface area contributed by atoms with Crippen molar-refractivity contribution in [2.75, 3.05) is 13.7 Å². The van der Waals surface area contributed by atoms with Crippen LogP contribution in [0.15, 0.2) is 23.4 Å². The predicted octanol–water partition coefficient (Wildman–Crippen LogP) is 9.17. The fourth-order valence-corrected chi connectivity index (χ4v) is 5.36. The van der Waals surface area contributed by atoms with Crippen molar-refractivity contribution in [1.29, 1.82) is 0 Å². The lowest BCUT2D eigenvalue weighted by molar-refractivity contribution is -0.152. The molecule has 47 heavy (non-hydrogen) atoms. The third-order valence-corrected chi connectivity index (χ3v) is 9.77. The van der Waals surface area contributed by atoms with Gasteiger partial charge in [-0.3, -0.25) is 4.79 Å². The summed E-state index contributed by atoms with van der Waals surface area (Å²) in [5.41, 5.74) is 2.37.